The Morgan fingerprint density at radius 1 is 1.33 bits per heavy atom. The van der Waals surface area contributed by atoms with E-state index in [4.69, 9.17) is 4.74 Å². The summed E-state index contributed by atoms with van der Waals surface area (Å²) in [5.74, 6) is 0.906. The number of aryl methyl sites for hydroxylation is 1. The molecule has 0 aliphatic heterocycles. The summed E-state index contributed by atoms with van der Waals surface area (Å²) in [4.78, 5) is 8.45. The Labute approximate surface area is 109 Å². The second-order valence-corrected chi connectivity index (χ2v) is 4.85. The number of hydrogen-bond donors (Lipinski definition) is 1. The highest BCUT2D eigenvalue weighted by atomic mass is 16.5. The monoisotopic (exact) mass is 249 g/mol. The number of nitrogens with zero attached hydrogens (tertiary/aromatic N) is 2. The van der Waals surface area contributed by atoms with E-state index in [1.165, 1.54) is 25.7 Å². The summed E-state index contributed by atoms with van der Waals surface area (Å²) < 4.78 is 5.80. The van der Waals surface area contributed by atoms with E-state index in [1.54, 1.807) is 6.33 Å². The van der Waals surface area contributed by atoms with Crippen LogP contribution in [0.5, 0.6) is 0 Å². The largest absolute Gasteiger partial charge is 0.376 e. The first-order valence-electron chi connectivity index (χ1n) is 7.05. The number of rotatable bonds is 7. The van der Waals surface area contributed by atoms with Crippen molar-refractivity contribution in [2.24, 2.45) is 0 Å². The van der Waals surface area contributed by atoms with Gasteiger partial charge in [-0.05, 0) is 19.3 Å². The van der Waals surface area contributed by atoms with Crippen molar-refractivity contribution in [1.82, 2.24) is 9.97 Å². The molecule has 0 bridgehead atoms. The smallest absolute Gasteiger partial charge is 0.129 e. The maximum atomic E-state index is 5.80. The van der Waals surface area contributed by atoms with Crippen molar-refractivity contribution in [3.63, 3.8) is 0 Å². The lowest BCUT2D eigenvalue weighted by molar-refractivity contribution is 0.0658. The van der Waals surface area contributed by atoms with E-state index in [0.29, 0.717) is 6.10 Å². The minimum absolute atomic E-state index is 0.493. The van der Waals surface area contributed by atoms with Gasteiger partial charge in [0.15, 0.2) is 0 Å². The zero-order valence-electron chi connectivity index (χ0n) is 11.2. The van der Waals surface area contributed by atoms with Gasteiger partial charge in [-0.3, -0.25) is 0 Å². The predicted octanol–water partition coefficient (Wildman–Crippen LogP) is 2.80. The molecule has 4 heteroatoms. The minimum atomic E-state index is 0.493. The molecule has 1 aromatic heterocycles. The van der Waals surface area contributed by atoms with E-state index in [9.17, 15) is 0 Å². The van der Waals surface area contributed by atoms with Crippen LogP contribution in [0, 0.1) is 0 Å². The second-order valence-electron chi connectivity index (χ2n) is 4.85. The van der Waals surface area contributed by atoms with E-state index in [1.807, 2.05) is 6.07 Å². The molecule has 1 aliphatic rings. The molecule has 100 valence electrons. The van der Waals surface area contributed by atoms with Gasteiger partial charge in [0.05, 0.1) is 12.7 Å². The molecule has 1 fully saturated rings. The van der Waals surface area contributed by atoms with Crippen molar-refractivity contribution in [2.45, 2.75) is 51.6 Å². The first kappa shape index (κ1) is 13.3. The Bertz CT molecular complexity index is 351. The molecule has 1 N–H and O–H groups in total. The van der Waals surface area contributed by atoms with Gasteiger partial charge in [-0.15, -0.1) is 0 Å². The highest BCUT2D eigenvalue weighted by Crippen LogP contribution is 2.20. The Morgan fingerprint density at radius 3 is 2.94 bits per heavy atom. The maximum Gasteiger partial charge on any atom is 0.129 e. The van der Waals surface area contributed by atoms with Crippen molar-refractivity contribution in [3.05, 3.63) is 18.1 Å². The van der Waals surface area contributed by atoms with E-state index >= 15 is 0 Å². The van der Waals surface area contributed by atoms with E-state index < -0.39 is 0 Å². The molecule has 2 rings (SSSR count). The molecule has 0 unspecified atom stereocenters. The van der Waals surface area contributed by atoms with Gasteiger partial charge in [-0.25, -0.2) is 9.97 Å². The number of nitrogens with one attached hydrogen (secondary N) is 1. The van der Waals surface area contributed by atoms with E-state index in [-0.39, 0.29) is 0 Å². The van der Waals surface area contributed by atoms with E-state index in [2.05, 4.69) is 22.2 Å². The van der Waals surface area contributed by atoms with Gasteiger partial charge in [0.1, 0.15) is 12.1 Å². The van der Waals surface area contributed by atoms with Gasteiger partial charge >= 0.3 is 0 Å². The second kappa shape index (κ2) is 7.31. The van der Waals surface area contributed by atoms with Crippen molar-refractivity contribution in [2.75, 3.05) is 18.5 Å². The third kappa shape index (κ3) is 4.26. The fraction of sp³-hybridized carbons (Fsp3) is 0.714. The summed E-state index contributed by atoms with van der Waals surface area (Å²) in [5.41, 5.74) is 1.10. The highest BCUT2D eigenvalue weighted by molar-refractivity contribution is 5.34. The fourth-order valence-corrected chi connectivity index (χ4v) is 2.35. The predicted molar refractivity (Wildman–Crippen MR) is 72.7 cm³/mol. The third-order valence-electron chi connectivity index (χ3n) is 3.29. The van der Waals surface area contributed by atoms with Crippen LogP contribution in [-0.2, 0) is 11.2 Å². The molecule has 0 aromatic carbocycles. The molecule has 0 spiro atoms. The van der Waals surface area contributed by atoms with Crippen LogP contribution in [0.3, 0.4) is 0 Å². The van der Waals surface area contributed by atoms with Crippen LogP contribution in [-0.4, -0.2) is 29.2 Å². The Hall–Kier alpha value is -1.16. The quantitative estimate of drug-likeness (QED) is 0.755. The third-order valence-corrected chi connectivity index (χ3v) is 3.29. The lowest BCUT2D eigenvalue weighted by Gasteiger charge is -2.11. The number of aromatic nitrogens is 2. The highest BCUT2D eigenvalue weighted by Gasteiger charge is 2.14. The Balaban J connectivity index is 1.67. The molecule has 0 atom stereocenters. The molecule has 0 amide bonds. The molecular weight excluding hydrogens is 226 g/mol. The molecule has 1 heterocycles. The lowest BCUT2D eigenvalue weighted by Crippen LogP contribution is -2.16. The minimum Gasteiger partial charge on any atom is -0.376 e. The van der Waals surface area contributed by atoms with Crippen LogP contribution >= 0.6 is 0 Å². The van der Waals surface area contributed by atoms with Gasteiger partial charge in [-0.2, -0.15) is 0 Å². The first-order chi connectivity index (χ1) is 8.88. The molecule has 1 aliphatic carbocycles. The summed E-state index contributed by atoms with van der Waals surface area (Å²) in [5, 5.41) is 3.29. The van der Waals surface area contributed by atoms with Crippen LogP contribution in [0.4, 0.5) is 5.82 Å². The number of ether oxygens (including phenoxy) is 1. The van der Waals surface area contributed by atoms with Gasteiger partial charge in [-0.1, -0.05) is 26.2 Å². The van der Waals surface area contributed by atoms with Gasteiger partial charge in [0, 0.05) is 18.3 Å². The van der Waals surface area contributed by atoms with Gasteiger partial charge in [0.2, 0.25) is 0 Å². The fourth-order valence-electron chi connectivity index (χ4n) is 2.35. The van der Waals surface area contributed by atoms with Crippen molar-refractivity contribution < 1.29 is 4.74 Å². The molecule has 1 aromatic rings. The molecule has 0 radical (unpaired) electrons. The van der Waals surface area contributed by atoms with Gasteiger partial charge < -0.3 is 10.1 Å². The zero-order valence-corrected chi connectivity index (χ0v) is 11.2. The van der Waals surface area contributed by atoms with Crippen LogP contribution in [0.25, 0.3) is 0 Å². The molecule has 1 saturated carbocycles. The summed E-state index contributed by atoms with van der Waals surface area (Å²) in [7, 11) is 0. The van der Waals surface area contributed by atoms with Crippen molar-refractivity contribution in [1.29, 1.82) is 0 Å². The van der Waals surface area contributed by atoms with Crippen LogP contribution in [0.15, 0.2) is 12.4 Å². The number of hydrogen-bond acceptors (Lipinski definition) is 4. The standard InChI is InChI=1S/C14H23N3O/c1-2-5-12-10-14(17-11-16-12)15-8-9-18-13-6-3-4-7-13/h10-11,13H,2-9H2,1H3,(H,15,16,17). The Kier molecular flexibility index (Phi) is 5.39. The maximum absolute atomic E-state index is 5.80. The van der Waals surface area contributed by atoms with Crippen LogP contribution in [0.1, 0.15) is 44.7 Å². The lowest BCUT2D eigenvalue weighted by atomic mass is 10.2. The normalized spacial score (nSPS) is 16.1. The summed E-state index contributed by atoms with van der Waals surface area (Å²) >= 11 is 0. The zero-order chi connectivity index (χ0) is 12.6. The molecule has 18 heavy (non-hydrogen) atoms. The summed E-state index contributed by atoms with van der Waals surface area (Å²) in [6.07, 6.45) is 9.35. The number of anilines is 1. The van der Waals surface area contributed by atoms with Gasteiger partial charge in [0.25, 0.3) is 0 Å². The van der Waals surface area contributed by atoms with E-state index in [0.717, 1.165) is 37.5 Å². The topological polar surface area (TPSA) is 47.0 Å². The Morgan fingerprint density at radius 2 is 2.17 bits per heavy atom. The first-order valence-corrected chi connectivity index (χ1v) is 7.05. The SMILES string of the molecule is CCCc1cc(NCCOC2CCCC2)ncn1. The van der Waals surface area contributed by atoms with Crippen LogP contribution in [0.2, 0.25) is 0 Å². The molecule has 0 saturated heterocycles. The summed E-state index contributed by atoms with van der Waals surface area (Å²) in [6, 6.07) is 2.03. The van der Waals surface area contributed by atoms with Crippen LogP contribution < -0.4 is 5.32 Å². The average Bonchev–Trinajstić information content (AvgIpc) is 2.89. The summed E-state index contributed by atoms with van der Waals surface area (Å²) in [6.45, 7) is 3.74. The molecular formula is C14H23N3O. The van der Waals surface area contributed by atoms with Crippen molar-refractivity contribution in [3.8, 4) is 0 Å². The molecule has 4 nitrogen and oxygen atoms in total. The average molecular weight is 249 g/mol. The van der Waals surface area contributed by atoms with Crippen molar-refractivity contribution >= 4 is 5.82 Å².